The van der Waals surface area contributed by atoms with Gasteiger partial charge in [-0.15, -0.1) is 0 Å². The van der Waals surface area contributed by atoms with Crippen molar-refractivity contribution in [3.63, 3.8) is 0 Å². The van der Waals surface area contributed by atoms with Crippen molar-refractivity contribution in [3.8, 4) is 0 Å². The maximum atomic E-state index is 13.1. The number of hydrogen-bond donors (Lipinski definition) is 1. The molecule has 0 fully saturated rings. The van der Waals surface area contributed by atoms with Gasteiger partial charge in [0.15, 0.2) is 0 Å². The number of benzene rings is 2. The zero-order valence-electron chi connectivity index (χ0n) is 14.0. The first-order valence-corrected chi connectivity index (χ1v) is 8.04. The highest BCUT2D eigenvalue weighted by Gasteiger charge is 2.29. The van der Waals surface area contributed by atoms with Crippen molar-refractivity contribution >= 4 is 22.6 Å². The summed E-state index contributed by atoms with van der Waals surface area (Å²) in [7, 11) is 0. The Labute approximate surface area is 144 Å². The Hall–Kier alpha value is -3.21. The molecule has 1 aromatic heterocycles. The van der Waals surface area contributed by atoms with Gasteiger partial charge in [0.05, 0.1) is 0 Å². The number of pyridine rings is 1. The Morgan fingerprint density at radius 1 is 0.880 bits per heavy atom. The maximum Gasteiger partial charge on any atom is 0.266 e. The van der Waals surface area contributed by atoms with Gasteiger partial charge in [-0.2, -0.15) is 0 Å². The first-order chi connectivity index (χ1) is 12.0. The molecule has 2 amide bonds. The molecule has 1 N–H and O–H groups in total. The van der Waals surface area contributed by atoms with E-state index in [-0.39, 0.29) is 5.56 Å². The van der Waals surface area contributed by atoms with Gasteiger partial charge in [-0.1, -0.05) is 36.4 Å². The molecule has 5 nitrogen and oxygen atoms in total. The Kier molecular flexibility index (Phi) is 4.48. The molecular weight excluding hydrogens is 316 g/mol. The highest BCUT2D eigenvalue weighted by atomic mass is 16.2. The Morgan fingerprint density at radius 3 is 2.24 bits per heavy atom. The molecule has 0 aliphatic heterocycles. The third-order valence-electron chi connectivity index (χ3n) is 4.02. The molecule has 126 valence electrons. The van der Waals surface area contributed by atoms with Crippen LogP contribution < -0.4 is 5.56 Å². The number of H-pyrrole nitrogens is 1. The largest absolute Gasteiger partial charge is 0.328 e. The summed E-state index contributed by atoms with van der Waals surface area (Å²) in [4.78, 5) is 41.5. The van der Waals surface area contributed by atoms with Gasteiger partial charge >= 0.3 is 0 Å². The minimum absolute atomic E-state index is 0.0511. The second-order valence-corrected chi connectivity index (χ2v) is 6.01. The molecule has 3 aromatic rings. The van der Waals surface area contributed by atoms with E-state index in [4.69, 9.17) is 0 Å². The van der Waals surface area contributed by atoms with E-state index in [0.717, 1.165) is 15.7 Å². The zero-order chi connectivity index (χ0) is 18.0. The van der Waals surface area contributed by atoms with Gasteiger partial charge in [-0.05, 0) is 42.8 Å². The van der Waals surface area contributed by atoms with Crippen molar-refractivity contribution in [3.05, 3.63) is 82.3 Å². The molecule has 0 saturated carbocycles. The molecule has 0 unspecified atom stereocenters. The number of nitrogens with zero attached hydrogens (tertiary/aromatic N) is 1. The highest BCUT2D eigenvalue weighted by Crippen LogP contribution is 2.21. The monoisotopic (exact) mass is 334 g/mol. The first kappa shape index (κ1) is 16.6. The molecule has 25 heavy (non-hydrogen) atoms. The maximum absolute atomic E-state index is 13.1. The van der Waals surface area contributed by atoms with Gasteiger partial charge in [0, 0.05) is 17.8 Å². The molecule has 2 aromatic carbocycles. The summed E-state index contributed by atoms with van der Waals surface area (Å²) >= 11 is 0. The third-order valence-corrected chi connectivity index (χ3v) is 4.02. The predicted molar refractivity (Wildman–Crippen MR) is 96.6 cm³/mol. The number of carbonyl (C=O) groups excluding carboxylic acids is 2. The van der Waals surface area contributed by atoms with Crippen LogP contribution >= 0.6 is 0 Å². The third kappa shape index (κ3) is 3.08. The minimum Gasteiger partial charge on any atom is -0.328 e. The van der Waals surface area contributed by atoms with Crippen molar-refractivity contribution in [2.24, 2.45) is 0 Å². The van der Waals surface area contributed by atoms with Gasteiger partial charge < -0.3 is 4.98 Å². The molecule has 0 aliphatic rings. The lowest BCUT2D eigenvalue weighted by molar-refractivity contribution is 0.0570. The van der Waals surface area contributed by atoms with E-state index in [1.54, 1.807) is 32.0 Å². The van der Waals surface area contributed by atoms with Crippen LogP contribution in [0, 0.1) is 0 Å². The summed E-state index contributed by atoms with van der Waals surface area (Å²) in [6.07, 6.45) is 1.45. The first-order valence-electron chi connectivity index (χ1n) is 8.04. The average Bonchev–Trinajstić information content (AvgIpc) is 2.61. The van der Waals surface area contributed by atoms with Crippen LogP contribution in [-0.2, 0) is 0 Å². The molecule has 0 saturated heterocycles. The SMILES string of the molecule is CC(C)N(C(=O)c1ccc[nH]c1=O)C(=O)c1cccc2ccccc12. The molecular formula is C20H18N2O3. The fraction of sp³-hybridized carbons (Fsp3) is 0.150. The fourth-order valence-corrected chi connectivity index (χ4v) is 2.82. The number of rotatable bonds is 3. The lowest BCUT2D eigenvalue weighted by Gasteiger charge is -2.25. The summed E-state index contributed by atoms with van der Waals surface area (Å²) in [6.45, 7) is 3.50. The summed E-state index contributed by atoms with van der Waals surface area (Å²) < 4.78 is 0. The number of hydrogen-bond acceptors (Lipinski definition) is 3. The molecule has 0 aliphatic carbocycles. The van der Waals surface area contributed by atoms with Crippen LogP contribution in [0.25, 0.3) is 10.8 Å². The van der Waals surface area contributed by atoms with E-state index in [9.17, 15) is 14.4 Å². The van der Waals surface area contributed by atoms with Crippen LogP contribution in [0.1, 0.15) is 34.6 Å². The van der Waals surface area contributed by atoms with Gasteiger partial charge in [0.1, 0.15) is 5.56 Å². The van der Waals surface area contributed by atoms with Crippen LogP contribution in [0.3, 0.4) is 0 Å². The highest BCUT2D eigenvalue weighted by molar-refractivity contribution is 6.15. The summed E-state index contributed by atoms with van der Waals surface area (Å²) in [5, 5.41) is 1.69. The fourth-order valence-electron chi connectivity index (χ4n) is 2.82. The normalized spacial score (nSPS) is 10.8. The zero-order valence-corrected chi connectivity index (χ0v) is 14.0. The second-order valence-electron chi connectivity index (χ2n) is 6.01. The standard InChI is InChI=1S/C20H18N2O3/c1-13(2)22(20(25)17-11-6-12-21-18(17)23)19(24)16-10-5-8-14-7-3-4-9-15(14)16/h3-13H,1-2H3,(H,21,23). The van der Waals surface area contributed by atoms with E-state index in [0.29, 0.717) is 5.56 Å². The number of fused-ring (bicyclic) bond motifs is 1. The van der Waals surface area contributed by atoms with Crippen LogP contribution in [-0.4, -0.2) is 27.7 Å². The molecule has 1 heterocycles. The summed E-state index contributed by atoms with van der Waals surface area (Å²) in [6, 6.07) is 15.5. The quantitative estimate of drug-likeness (QED) is 0.748. The number of carbonyl (C=O) groups is 2. The van der Waals surface area contributed by atoms with Crippen molar-refractivity contribution in [2.45, 2.75) is 19.9 Å². The topological polar surface area (TPSA) is 70.2 Å². The molecule has 0 bridgehead atoms. The van der Waals surface area contributed by atoms with Gasteiger partial charge in [0.2, 0.25) is 0 Å². The summed E-state index contributed by atoms with van der Waals surface area (Å²) in [5.74, 6) is -1.02. The smallest absolute Gasteiger partial charge is 0.266 e. The molecule has 3 rings (SSSR count). The van der Waals surface area contributed by atoms with E-state index < -0.39 is 23.4 Å². The van der Waals surface area contributed by atoms with Crippen molar-refractivity contribution in [1.29, 1.82) is 0 Å². The average molecular weight is 334 g/mol. The van der Waals surface area contributed by atoms with E-state index in [1.165, 1.54) is 12.3 Å². The van der Waals surface area contributed by atoms with Crippen LogP contribution in [0.4, 0.5) is 0 Å². The van der Waals surface area contributed by atoms with E-state index in [1.807, 2.05) is 30.3 Å². The Morgan fingerprint density at radius 2 is 1.52 bits per heavy atom. The van der Waals surface area contributed by atoms with Crippen molar-refractivity contribution in [2.75, 3.05) is 0 Å². The molecule has 5 heteroatoms. The minimum atomic E-state index is -0.602. The molecule has 0 spiro atoms. The number of aromatic nitrogens is 1. The van der Waals surface area contributed by atoms with Crippen LogP contribution in [0.15, 0.2) is 65.6 Å². The number of amides is 2. The summed E-state index contributed by atoms with van der Waals surface area (Å²) in [5.41, 5.74) is -0.124. The van der Waals surface area contributed by atoms with Crippen LogP contribution in [0.5, 0.6) is 0 Å². The van der Waals surface area contributed by atoms with Gasteiger partial charge in [-0.3, -0.25) is 19.3 Å². The van der Waals surface area contributed by atoms with Crippen LogP contribution in [0.2, 0.25) is 0 Å². The second kappa shape index (κ2) is 6.73. The number of imide groups is 1. The lowest BCUT2D eigenvalue weighted by atomic mass is 10.0. The number of nitrogens with one attached hydrogen (secondary N) is 1. The molecule has 0 radical (unpaired) electrons. The Balaban J connectivity index is 2.09. The molecule has 0 atom stereocenters. The number of aromatic amines is 1. The van der Waals surface area contributed by atoms with E-state index >= 15 is 0 Å². The van der Waals surface area contributed by atoms with Gasteiger partial charge in [0.25, 0.3) is 17.4 Å². The van der Waals surface area contributed by atoms with Crippen molar-refractivity contribution in [1.82, 2.24) is 9.88 Å². The predicted octanol–water partition coefficient (Wildman–Crippen LogP) is 3.22. The lowest BCUT2D eigenvalue weighted by Crippen LogP contribution is -2.43. The van der Waals surface area contributed by atoms with Gasteiger partial charge in [-0.25, -0.2) is 0 Å². The van der Waals surface area contributed by atoms with Crippen molar-refractivity contribution < 1.29 is 9.59 Å². The van der Waals surface area contributed by atoms with E-state index in [2.05, 4.69) is 4.98 Å². The Bertz CT molecular complexity index is 999.